The number of aryl methyl sites for hydroxylation is 1. The summed E-state index contributed by atoms with van der Waals surface area (Å²) in [5, 5.41) is 2.73. The molecule has 0 aromatic heterocycles. The minimum absolute atomic E-state index is 0.266. The monoisotopic (exact) mass is 279 g/mol. The van der Waals surface area contributed by atoms with Crippen LogP contribution in [0.2, 0.25) is 0 Å². The van der Waals surface area contributed by atoms with Gasteiger partial charge in [-0.05, 0) is 43.3 Å². The second-order valence-electron chi connectivity index (χ2n) is 4.62. The number of hydrogen-bond donors (Lipinski definition) is 1. The lowest BCUT2D eigenvalue weighted by Gasteiger charge is -2.08. The van der Waals surface area contributed by atoms with E-state index in [1.165, 1.54) is 11.6 Å². The van der Waals surface area contributed by atoms with E-state index in [9.17, 15) is 4.79 Å². The Morgan fingerprint density at radius 1 is 1.05 bits per heavy atom. The maximum atomic E-state index is 11.6. The van der Waals surface area contributed by atoms with Gasteiger partial charge in [0, 0.05) is 11.3 Å². The Kier molecular flexibility index (Phi) is 4.57. The lowest BCUT2D eigenvalue weighted by molar-refractivity contribution is -0.112. The fourth-order valence-corrected chi connectivity index (χ4v) is 1.65. The SMILES string of the molecule is C=CC(=C)C(=O)Nc1ccc(Oc2ccc(C)cc2)cc1. The number of carbonyl (C=O) groups is 1. The van der Waals surface area contributed by atoms with E-state index in [1.54, 1.807) is 24.3 Å². The largest absolute Gasteiger partial charge is 0.457 e. The van der Waals surface area contributed by atoms with Gasteiger partial charge in [-0.1, -0.05) is 36.9 Å². The Balaban J connectivity index is 2.02. The summed E-state index contributed by atoms with van der Waals surface area (Å²) < 4.78 is 5.72. The van der Waals surface area contributed by atoms with Crippen LogP contribution in [0, 0.1) is 6.92 Å². The van der Waals surface area contributed by atoms with Gasteiger partial charge in [-0.25, -0.2) is 0 Å². The van der Waals surface area contributed by atoms with E-state index in [4.69, 9.17) is 4.74 Å². The number of ether oxygens (including phenoxy) is 1. The Labute approximate surface area is 124 Å². The molecule has 0 spiro atoms. The maximum Gasteiger partial charge on any atom is 0.255 e. The molecule has 0 saturated heterocycles. The van der Waals surface area contributed by atoms with Crippen molar-refractivity contribution >= 4 is 11.6 Å². The van der Waals surface area contributed by atoms with Crippen molar-refractivity contribution in [3.63, 3.8) is 0 Å². The number of anilines is 1. The fourth-order valence-electron chi connectivity index (χ4n) is 1.65. The quantitative estimate of drug-likeness (QED) is 0.648. The highest BCUT2D eigenvalue weighted by Crippen LogP contribution is 2.23. The zero-order valence-electron chi connectivity index (χ0n) is 11.9. The van der Waals surface area contributed by atoms with Gasteiger partial charge in [0.05, 0.1) is 0 Å². The van der Waals surface area contributed by atoms with E-state index in [-0.39, 0.29) is 5.91 Å². The summed E-state index contributed by atoms with van der Waals surface area (Å²) in [5.41, 5.74) is 2.19. The molecule has 0 fully saturated rings. The molecule has 2 rings (SSSR count). The summed E-state index contributed by atoms with van der Waals surface area (Å²) in [6.45, 7) is 9.13. The number of benzene rings is 2. The molecule has 3 heteroatoms. The minimum atomic E-state index is -0.266. The van der Waals surface area contributed by atoms with Crippen LogP contribution in [0.3, 0.4) is 0 Å². The molecule has 106 valence electrons. The number of carbonyl (C=O) groups excluding carboxylic acids is 1. The molecule has 1 amide bonds. The fraction of sp³-hybridized carbons (Fsp3) is 0.0556. The molecule has 0 unspecified atom stereocenters. The van der Waals surface area contributed by atoms with Crippen molar-refractivity contribution in [3.8, 4) is 11.5 Å². The van der Waals surface area contributed by atoms with E-state index in [1.807, 2.05) is 31.2 Å². The molecule has 3 nitrogen and oxygen atoms in total. The lowest BCUT2D eigenvalue weighted by atomic mass is 10.2. The number of rotatable bonds is 5. The van der Waals surface area contributed by atoms with Crippen LogP contribution in [-0.2, 0) is 4.79 Å². The first-order chi connectivity index (χ1) is 10.1. The molecule has 0 heterocycles. The van der Waals surface area contributed by atoms with E-state index < -0.39 is 0 Å². The average molecular weight is 279 g/mol. The third-order valence-corrected chi connectivity index (χ3v) is 2.91. The van der Waals surface area contributed by atoms with E-state index in [2.05, 4.69) is 18.5 Å². The second-order valence-corrected chi connectivity index (χ2v) is 4.62. The van der Waals surface area contributed by atoms with Gasteiger partial charge in [-0.15, -0.1) is 0 Å². The van der Waals surface area contributed by atoms with Gasteiger partial charge in [0.25, 0.3) is 5.91 Å². The van der Waals surface area contributed by atoms with Gasteiger partial charge in [0.1, 0.15) is 11.5 Å². The maximum absolute atomic E-state index is 11.6. The number of nitrogens with one attached hydrogen (secondary N) is 1. The van der Waals surface area contributed by atoms with Crippen molar-refractivity contribution in [1.29, 1.82) is 0 Å². The van der Waals surface area contributed by atoms with Gasteiger partial charge in [0.2, 0.25) is 0 Å². The van der Waals surface area contributed by atoms with Gasteiger partial charge in [0.15, 0.2) is 0 Å². The third kappa shape index (κ3) is 4.08. The molecule has 2 aromatic rings. The lowest BCUT2D eigenvalue weighted by Crippen LogP contribution is -2.12. The molecule has 0 atom stereocenters. The summed E-state index contributed by atoms with van der Waals surface area (Å²) in [7, 11) is 0. The molecular formula is C18H17NO2. The Morgan fingerprint density at radius 2 is 1.57 bits per heavy atom. The van der Waals surface area contributed by atoms with Crippen LogP contribution in [0.25, 0.3) is 0 Å². The van der Waals surface area contributed by atoms with Crippen molar-refractivity contribution in [3.05, 3.63) is 78.9 Å². The van der Waals surface area contributed by atoms with Gasteiger partial charge in [-0.2, -0.15) is 0 Å². The molecule has 21 heavy (non-hydrogen) atoms. The summed E-state index contributed by atoms with van der Waals surface area (Å²) in [6, 6.07) is 15.0. The van der Waals surface area contributed by atoms with Crippen molar-refractivity contribution in [2.75, 3.05) is 5.32 Å². The van der Waals surface area contributed by atoms with Crippen LogP contribution < -0.4 is 10.1 Å². The molecule has 0 aliphatic rings. The minimum Gasteiger partial charge on any atom is -0.457 e. The third-order valence-electron chi connectivity index (χ3n) is 2.91. The van der Waals surface area contributed by atoms with Crippen molar-refractivity contribution < 1.29 is 9.53 Å². The molecular weight excluding hydrogens is 262 g/mol. The first-order valence-electron chi connectivity index (χ1n) is 6.56. The number of amides is 1. The Bertz CT molecular complexity index is 655. The molecule has 0 aliphatic carbocycles. The van der Waals surface area contributed by atoms with Crippen LogP contribution in [0.15, 0.2) is 73.3 Å². The normalized spacial score (nSPS) is 9.76. The van der Waals surface area contributed by atoms with E-state index in [0.29, 0.717) is 17.0 Å². The van der Waals surface area contributed by atoms with Gasteiger partial charge >= 0.3 is 0 Å². The first kappa shape index (κ1) is 14.6. The van der Waals surface area contributed by atoms with Crippen LogP contribution in [0.5, 0.6) is 11.5 Å². The van der Waals surface area contributed by atoms with Crippen LogP contribution in [0.4, 0.5) is 5.69 Å². The topological polar surface area (TPSA) is 38.3 Å². The van der Waals surface area contributed by atoms with E-state index >= 15 is 0 Å². The van der Waals surface area contributed by atoms with Crippen LogP contribution >= 0.6 is 0 Å². The Morgan fingerprint density at radius 3 is 2.10 bits per heavy atom. The zero-order valence-corrected chi connectivity index (χ0v) is 11.9. The van der Waals surface area contributed by atoms with Crippen molar-refractivity contribution in [2.24, 2.45) is 0 Å². The zero-order chi connectivity index (χ0) is 15.2. The predicted molar refractivity (Wildman–Crippen MR) is 85.7 cm³/mol. The molecule has 2 aromatic carbocycles. The highest BCUT2D eigenvalue weighted by atomic mass is 16.5. The molecule has 0 aliphatic heterocycles. The molecule has 0 saturated carbocycles. The molecule has 0 bridgehead atoms. The van der Waals surface area contributed by atoms with Crippen LogP contribution in [-0.4, -0.2) is 5.91 Å². The Hall–Kier alpha value is -2.81. The summed E-state index contributed by atoms with van der Waals surface area (Å²) in [6.07, 6.45) is 1.42. The molecule has 1 N–H and O–H groups in total. The van der Waals surface area contributed by atoms with Crippen molar-refractivity contribution in [1.82, 2.24) is 0 Å². The summed E-state index contributed by atoms with van der Waals surface area (Å²) >= 11 is 0. The average Bonchev–Trinajstić information content (AvgIpc) is 2.50. The summed E-state index contributed by atoms with van der Waals surface area (Å²) in [4.78, 5) is 11.6. The predicted octanol–water partition coefficient (Wildman–Crippen LogP) is 4.47. The smallest absolute Gasteiger partial charge is 0.255 e. The number of hydrogen-bond acceptors (Lipinski definition) is 2. The molecule has 0 radical (unpaired) electrons. The van der Waals surface area contributed by atoms with Gasteiger partial charge in [-0.3, -0.25) is 4.79 Å². The van der Waals surface area contributed by atoms with Gasteiger partial charge < -0.3 is 10.1 Å². The second kappa shape index (κ2) is 6.57. The van der Waals surface area contributed by atoms with E-state index in [0.717, 1.165) is 5.75 Å². The van der Waals surface area contributed by atoms with Crippen molar-refractivity contribution in [2.45, 2.75) is 6.92 Å². The highest BCUT2D eigenvalue weighted by Gasteiger charge is 2.04. The standard InChI is InChI=1S/C18H17NO2/c1-4-14(3)18(20)19-15-7-11-17(12-8-15)21-16-9-5-13(2)6-10-16/h4-12H,1,3H2,2H3,(H,19,20). The van der Waals surface area contributed by atoms with Crippen LogP contribution in [0.1, 0.15) is 5.56 Å². The summed E-state index contributed by atoms with van der Waals surface area (Å²) in [5.74, 6) is 1.22. The highest BCUT2D eigenvalue weighted by molar-refractivity contribution is 6.05. The first-order valence-corrected chi connectivity index (χ1v) is 6.56.